The molecule has 1 N–H and O–H groups in total. The van der Waals surface area contributed by atoms with Crippen LogP contribution in [-0.4, -0.2) is 59.6 Å². The van der Waals surface area contributed by atoms with Gasteiger partial charge in [-0.05, 0) is 31.0 Å². The Balaban J connectivity index is 1.44. The van der Waals surface area contributed by atoms with Gasteiger partial charge in [0.2, 0.25) is 5.95 Å². The van der Waals surface area contributed by atoms with E-state index < -0.39 is 0 Å². The molecule has 0 radical (unpaired) electrons. The van der Waals surface area contributed by atoms with Crippen molar-refractivity contribution in [3.63, 3.8) is 0 Å². The molecule has 0 aromatic carbocycles. The van der Waals surface area contributed by atoms with Gasteiger partial charge in [0.05, 0.1) is 0 Å². The normalized spacial score (nSPS) is 16.1. The Morgan fingerprint density at radius 1 is 1.12 bits per heavy atom. The largest absolute Gasteiger partial charge is 0.367 e. The van der Waals surface area contributed by atoms with Crippen molar-refractivity contribution in [3.8, 4) is 0 Å². The molecule has 0 amide bonds. The summed E-state index contributed by atoms with van der Waals surface area (Å²) in [5, 5.41) is 3.55. The number of pyridine rings is 1. The maximum Gasteiger partial charge on any atom is 0.226 e. The average Bonchev–Trinajstić information content (AvgIpc) is 2.62. The zero-order valence-electron chi connectivity index (χ0n) is 14.5. The van der Waals surface area contributed by atoms with E-state index in [-0.39, 0.29) is 0 Å². The highest BCUT2D eigenvalue weighted by Gasteiger charge is 2.19. The fraction of sp³-hybridized carbons (Fsp3) is 0.500. The van der Waals surface area contributed by atoms with Crippen LogP contribution in [0, 0.1) is 0 Å². The number of piperidine rings is 1. The number of nitrogens with one attached hydrogen (secondary N) is 1. The lowest BCUT2D eigenvalue weighted by molar-refractivity contribution is 0.221. The van der Waals surface area contributed by atoms with Gasteiger partial charge in [0.25, 0.3) is 0 Å². The Hall–Kier alpha value is -2.21. The Kier molecular flexibility index (Phi) is 5.59. The molecule has 0 aliphatic carbocycles. The van der Waals surface area contributed by atoms with Gasteiger partial charge in [0.15, 0.2) is 0 Å². The minimum atomic E-state index is 0.487. The maximum absolute atomic E-state index is 4.54. The van der Waals surface area contributed by atoms with Gasteiger partial charge in [0.1, 0.15) is 5.82 Å². The van der Waals surface area contributed by atoms with Gasteiger partial charge in [-0.15, -0.1) is 0 Å². The smallest absolute Gasteiger partial charge is 0.226 e. The number of nitrogens with zero attached hydrogens (tertiary/aromatic N) is 5. The number of hydrogen-bond donors (Lipinski definition) is 1. The van der Waals surface area contributed by atoms with Gasteiger partial charge in [-0.3, -0.25) is 4.98 Å². The number of rotatable bonds is 6. The van der Waals surface area contributed by atoms with Gasteiger partial charge in [-0.25, -0.2) is 4.98 Å². The van der Waals surface area contributed by atoms with Crippen molar-refractivity contribution < 1.29 is 0 Å². The summed E-state index contributed by atoms with van der Waals surface area (Å²) in [6.07, 6.45) is 6.99. The van der Waals surface area contributed by atoms with Crippen LogP contribution in [0.4, 0.5) is 11.8 Å². The molecule has 3 rings (SSSR count). The van der Waals surface area contributed by atoms with Crippen LogP contribution in [0.15, 0.2) is 36.7 Å². The van der Waals surface area contributed by atoms with E-state index in [2.05, 4.69) is 37.3 Å². The molecular formula is C18H26N6. The van der Waals surface area contributed by atoms with E-state index in [1.807, 2.05) is 43.5 Å². The van der Waals surface area contributed by atoms with E-state index in [9.17, 15) is 0 Å². The molecule has 1 aliphatic rings. The Bertz CT molecular complexity index is 622. The second kappa shape index (κ2) is 8.06. The van der Waals surface area contributed by atoms with E-state index >= 15 is 0 Å². The molecule has 128 valence electrons. The highest BCUT2D eigenvalue weighted by atomic mass is 15.2. The van der Waals surface area contributed by atoms with E-state index in [4.69, 9.17) is 0 Å². The number of aromatic nitrogens is 3. The molecule has 0 saturated carbocycles. The summed E-state index contributed by atoms with van der Waals surface area (Å²) in [6.45, 7) is 3.33. The number of likely N-dealkylation sites (tertiary alicyclic amines) is 1. The van der Waals surface area contributed by atoms with Crippen LogP contribution in [0.1, 0.15) is 18.5 Å². The van der Waals surface area contributed by atoms with Crippen LogP contribution >= 0.6 is 0 Å². The first kappa shape index (κ1) is 16.6. The second-order valence-corrected chi connectivity index (χ2v) is 6.47. The van der Waals surface area contributed by atoms with Crippen LogP contribution in [0.25, 0.3) is 0 Å². The Morgan fingerprint density at radius 3 is 2.67 bits per heavy atom. The van der Waals surface area contributed by atoms with Gasteiger partial charge < -0.3 is 15.1 Å². The summed E-state index contributed by atoms with van der Waals surface area (Å²) in [7, 11) is 3.92. The molecular weight excluding hydrogens is 300 g/mol. The zero-order valence-corrected chi connectivity index (χ0v) is 14.5. The van der Waals surface area contributed by atoms with Crippen LogP contribution in [0.5, 0.6) is 0 Å². The van der Waals surface area contributed by atoms with Crippen molar-refractivity contribution in [2.24, 2.45) is 0 Å². The summed E-state index contributed by atoms with van der Waals surface area (Å²) in [5.74, 6) is 1.66. The molecule has 0 spiro atoms. The molecule has 0 unspecified atom stereocenters. The Labute approximate surface area is 143 Å². The molecule has 1 saturated heterocycles. The molecule has 2 aromatic heterocycles. The predicted molar refractivity (Wildman–Crippen MR) is 97.4 cm³/mol. The lowest BCUT2D eigenvalue weighted by atomic mass is 10.0. The summed E-state index contributed by atoms with van der Waals surface area (Å²) in [4.78, 5) is 17.6. The van der Waals surface area contributed by atoms with Gasteiger partial charge in [-0.2, -0.15) is 4.98 Å². The highest BCUT2D eigenvalue weighted by molar-refractivity contribution is 5.41. The van der Waals surface area contributed by atoms with Crippen molar-refractivity contribution in [2.45, 2.75) is 25.3 Å². The molecule has 1 fully saturated rings. The highest BCUT2D eigenvalue weighted by Crippen LogP contribution is 2.16. The van der Waals surface area contributed by atoms with Gasteiger partial charge in [-0.1, -0.05) is 6.07 Å². The van der Waals surface area contributed by atoms with Crippen LogP contribution in [-0.2, 0) is 6.42 Å². The number of hydrogen-bond acceptors (Lipinski definition) is 6. The van der Waals surface area contributed by atoms with Gasteiger partial charge in [0, 0.05) is 64.3 Å². The van der Waals surface area contributed by atoms with E-state index in [0.29, 0.717) is 6.04 Å². The summed E-state index contributed by atoms with van der Waals surface area (Å²) in [5.41, 5.74) is 1.18. The summed E-state index contributed by atoms with van der Waals surface area (Å²) >= 11 is 0. The summed E-state index contributed by atoms with van der Waals surface area (Å²) in [6, 6.07) is 8.56. The summed E-state index contributed by atoms with van der Waals surface area (Å²) < 4.78 is 0. The monoisotopic (exact) mass is 326 g/mol. The Morgan fingerprint density at radius 2 is 1.96 bits per heavy atom. The first-order chi connectivity index (χ1) is 11.7. The van der Waals surface area contributed by atoms with Crippen molar-refractivity contribution in [1.29, 1.82) is 0 Å². The van der Waals surface area contributed by atoms with Crippen molar-refractivity contribution in [2.75, 3.05) is 43.9 Å². The quantitative estimate of drug-likeness (QED) is 0.877. The van der Waals surface area contributed by atoms with E-state index in [1.54, 1.807) is 0 Å². The predicted octanol–water partition coefficient (Wildman–Crippen LogP) is 2.06. The van der Waals surface area contributed by atoms with E-state index in [0.717, 1.165) is 50.7 Å². The number of anilines is 2. The SMILES string of the molecule is CN(C)c1nccc(NC2CCN(CCc3ccccn3)CC2)n1. The minimum Gasteiger partial charge on any atom is -0.367 e. The average molecular weight is 326 g/mol. The third-order valence-corrected chi connectivity index (χ3v) is 4.39. The third kappa shape index (κ3) is 4.64. The van der Waals surface area contributed by atoms with E-state index in [1.165, 1.54) is 5.69 Å². The first-order valence-electron chi connectivity index (χ1n) is 8.60. The lowest BCUT2D eigenvalue weighted by Crippen LogP contribution is -2.40. The zero-order chi connectivity index (χ0) is 16.8. The molecule has 1 aliphatic heterocycles. The third-order valence-electron chi connectivity index (χ3n) is 4.39. The molecule has 2 aromatic rings. The fourth-order valence-electron chi connectivity index (χ4n) is 2.97. The lowest BCUT2D eigenvalue weighted by Gasteiger charge is -2.32. The van der Waals surface area contributed by atoms with Gasteiger partial charge >= 0.3 is 0 Å². The molecule has 3 heterocycles. The minimum absolute atomic E-state index is 0.487. The van der Waals surface area contributed by atoms with Crippen molar-refractivity contribution in [1.82, 2.24) is 19.9 Å². The van der Waals surface area contributed by atoms with Crippen molar-refractivity contribution >= 4 is 11.8 Å². The van der Waals surface area contributed by atoms with Crippen LogP contribution in [0.2, 0.25) is 0 Å². The van der Waals surface area contributed by atoms with Crippen molar-refractivity contribution in [3.05, 3.63) is 42.4 Å². The molecule has 6 heteroatoms. The molecule has 6 nitrogen and oxygen atoms in total. The molecule has 0 bridgehead atoms. The molecule has 0 atom stereocenters. The first-order valence-corrected chi connectivity index (χ1v) is 8.60. The topological polar surface area (TPSA) is 57.2 Å². The van der Waals surface area contributed by atoms with Crippen LogP contribution < -0.4 is 10.2 Å². The van der Waals surface area contributed by atoms with Crippen LogP contribution in [0.3, 0.4) is 0 Å². The standard InChI is InChI=1S/C18H26N6/c1-23(2)18-20-11-6-17(22-18)21-16-8-13-24(14-9-16)12-7-15-5-3-4-10-19-15/h3-6,10-11,16H,7-9,12-14H2,1-2H3,(H,20,21,22). The maximum atomic E-state index is 4.54. The molecule has 24 heavy (non-hydrogen) atoms. The second-order valence-electron chi connectivity index (χ2n) is 6.47. The fourth-order valence-corrected chi connectivity index (χ4v) is 2.97.